The second-order valence-corrected chi connectivity index (χ2v) is 5.19. The number of nitrogens with one attached hydrogen (secondary N) is 1. The van der Waals surface area contributed by atoms with Crippen molar-refractivity contribution in [2.45, 2.75) is 12.6 Å². The predicted molar refractivity (Wildman–Crippen MR) is 70.2 cm³/mol. The van der Waals surface area contributed by atoms with Crippen LogP contribution in [0.5, 0.6) is 0 Å². The lowest BCUT2D eigenvalue weighted by molar-refractivity contribution is -0.143. The predicted octanol–water partition coefficient (Wildman–Crippen LogP) is 2.99. The summed E-state index contributed by atoms with van der Waals surface area (Å²) in [6.07, 6.45) is -3.53. The van der Waals surface area contributed by atoms with Gasteiger partial charge in [-0.1, -0.05) is 0 Å². The van der Waals surface area contributed by atoms with E-state index in [0.29, 0.717) is 26.1 Å². The normalized spacial score (nSPS) is 19.5. The van der Waals surface area contributed by atoms with E-state index in [2.05, 4.69) is 5.32 Å². The molecule has 0 radical (unpaired) electrons. The topological polar surface area (TPSA) is 39.1 Å². The molecule has 1 atom stereocenters. The van der Waals surface area contributed by atoms with Gasteiger partial charge in [0.15, 0.2) is 0 Å². The first kappa shape index (κ1) is 15.6. The van der Waals surface area contributed by atoms with Gasteiger partial charge in [-0.05, 0) is 37.1 Å². The van der Waals surface area contributed by atoms with Crippen molar-refractivity contribution in [2.24, 2.45) is 5.92 Å². The minimum absolute atomic E-state index is 0.0578. The molecule has 7 heteroatoms. The lowest BCUT2D eigenvalue weighted by Gasteiger charge is -2.18. The van der Waals surface area contributed by atoms with Crippen LogP contribution in [-0.2, 0) is 0 Å². The molecule has 1 heterocycles. The minimum atomic E-state index is -4.18. The molecular formula is C14H15F4N3. The van der Waals surface area contributed by atoms with Gasteiger partial charge in [-0.2, -0.15) is 18.4 Å². The van der Waals surface area contributed by atoms with Gasteiger partial charge in [0.25, 0.3) is 0 Å². The van der Waals surface area contributed by atoms with Crippen molar-refractivity contribution in [2.75, 3.05) is 31.5 Å². The second-order valence-electron chi connectivity index (χ2n) is 5.19. The number of nitriles is 1. The van der Waals surface area contributed by atoms with Crippen LogP contribution in [0.1, 0.15) is 12.0 Å². The summed E-state index contributed by atoms with van der Waals surface area (Å²) in [5.41, 5.74) is 0.499. The van der Waals surface area contributed by atoms with Crippen LogP contribution in [0.2, 0.25) is 0 Å². The molecule has 0 aliphatic carbocycles. The smallest absolute Gasteiger partial charge is 0.382 e. The van der Waals surface area contributed by atoms with Crippen LogP contribution in [-0.4, -0.2) is 37.3 Å². The lowest BCUT2D eigenvalue weighted by Crippen LogP contribution is -2.33. The Morgan fingerprint density at radius 1 is 1.38 bits per heavy atom. The number of halogens is 4. The summed E-state index contributed by atoms with van der Waals surface area (Å²) < 4.78 is 50.5. The average Bonchev–Trinajstić information content (AvgIpc) is 2.82. The Bertz CT molecular complexity index is 536. The van der Waals surface area contributed by atoms with E-state index in [1.165, 1.54) is 17.0 Å². The van der Waals surface area contributed by atoms with Crippen LogP contribution in [0.4, 0.5) is 23.2 Å². The number of nitrogens with zero attached hydrogens (tertiary/aromatic N) is 2. The zero-order valence-electron chi connectivity index (χ0n) is 11.3. The van der Waals surface area contributed by atoms with Gasteiger partial charge in [-0.3, -0.25) is 4.90 Å². The van der Waals surface area contributed by atoms with Gasteiger partial charge in [0.2, 0.25) is 0 Å². The highest BCUT2D eigenvalue weighted by Crippen LogP contribution is 2.23. The van der Waals surface area contributed by atoms with Crippen molar-refractivity contribution in [3.63, 3.8) is 0 Å². The van der Waals surface area contributed by atoms with Crippen LogP contribution in [0.15, 0.2) is 18.2 Å². The molecule has 2 rings (SSSR count). The van der Waals surface area contributed by atoms with E-state index in [1.54, 1.807) is 0 Å². The molecule has 1 aromatic carbocycles. The van der Waals surface area contributed by atoms with Gasteiger partial charge in [0, 0.05) is 13.1 Å². The Kier molecular flexibility index (Phi) is 4.68. The van der Waals surface area contributed by atoms with Crippen LogP contribution >= 0.6 is 0 Å². The quantitative estimate of drug-likeness (QED) is 0.869. The third-order valence-corrected chi connectivity index (χ3v) is 3.45. The molecule has 21 heavy (non-hydrogen) atoms. The highest BCUT2D eigenvalue weighted by atomic mass is 19.4. The van der Waals surface area contributed by atoms with Crippen molar-refractivity contribution in [3.05, 3.63) is 29.6 Å². The van der Waals surface area contributed by atoms with Crippen LogP contribution in [0.25, 0.3) is 0 Å². The number of hydrogen-bond acceptors (Lipinski definition) is 3. The molecule has 1 N–H and O–H groups in total. The summed E-state index contributed by atoms with van der Waals surface area (Å²) >= 11 is 0. The Balaban J connectivity index is 1.83. The first-order valence-electron chi connectivity index (χ1n) is 6.60. The summed E-state index contributed by atoms with van der Waals surface area (Å²) in [5.74, 6) is -0.471. The van der Waals surface area contributed by atoms with E-state index >= 15 is 0 Å². The number of alkyl halides is 3. The van der Waals surface area contributed by atoms with Gasteiger partial charge >= 0.3 is 6.18 Å². The third kappa shape index (κ3) is 4.60. The maximum Gasteiger partial charge on any atom is 0.401 e. The molecule has 1 fully saturated rings. The summed E-state index contributed by atoms with van der Waals surface area (Å²) in [6, 6.07) is 5.94. The van der Waals surface area contributed by atoms with E-state index < -0.39 is 18.5 Å². The molecule has 0 amide bonds. The minimum Gasteiger partial charge on any atom is -0.382 e. The summed E-state index contributed by atoms with van der Waals surface area (Å²) in [7, 11) is 0. The van der Waals surface area contributed by atoms with Crippen LogP contribution in [0, 0.1) is 23.1 Å². The highest BCUT2D eigenvalue weighted by molar-refractivity contribution is 5.48. The highest BCUT2D eigenvalue weighted by Gasteiger charge is 2.34. The Hall–Kier alpha value is -1.81. The van der Waals surface area contributed by atoms with E-state index in [4.69, 9.17) is 5.26 Å². The van der Waals surface area contributed by atoms with Crippen molar-refractivity contribution in [1.29, 1.82) is 5.26 Å². The maximum absolute atomic E-state index is 13.6. The van der Waals surface area contributed by atoms with Crippen LogP contribution < -0.4 is 5.32 Å². The number of likely N-dealkylation sites (tertiary alicyclic amines) is 1. The Morgan fingerprint density at radius 3 is 2.76 bits per heavy atom. The number of hydrogen-bond donors (Lipinski definition) is 1. The molecule has 0 aromatic heterocycles. The molecule has 0 bridgehead atoms. The van der Waals surface area contributed by atoms with E-state index in [1.807, 2.05) is 6.07 Å². The maximum atomic E-state index is 13.6. The fraction of sp³-hybridized carbons (Fsp3) is 0.500. The van der Waals surface area contributed by atoms with Crippen molar-refractivity contribution >= 4 is 5.69 Å². The first-order valence-corrected chi connectivity index (χ1v) is 6.60. The standard InChI is InChI=1S/C14H15F4N3/c15-12-5-10(6-19)1-2-13(12)20-7-11-3-4-21(8-11)9-14(16,17)18/h1-2,5,11,20H,3-4,7-9H2. The number of rotatable bonds is 4. The zero-order valence-corrected chi connectivity index (χ0v) is 11.3. The van der Waals surface area contributed by atoms with Gasteiger partial charge < -0.3 is 5.32 Å². The number of benzene rings is 1. The molecular weight excluding hydrogens is 286 g/mol. The molecule has 114 valence electrons. The summed E-state index contributed by atoms with van der Waals surface area (Å²) in [4.78, 5) is 1.36. The summed E-state index contributed by atoms with van der Waals surface area (Å²) in [6.45, 7) is 0.276. The largest absolute Gasteiger partial charge is 0.401 e. The molecule has 0 spiro atoms. The van der Waals surface area contributed by atoms with E-state index in [-0.39, 0.29) is 17.2 Å². The van der Waals surface area contributed by atoms with Crippen molar-refractivity contribution in [3.8, 4) is 6.07 Å². The van der Waals surface area contributed by atoms with Gasteiger partial charge in [-0.15, -0.1) is 0 Å². The number of anilines is 1. The van der Waals surface area contributed by atoms with E-state index in [9.17, 15) is 17.6 Å². The fourth-order valence-corrected chi connectivity index (χ4v) is 2.46. The van der Waals surface area contributed by atoms with E-state index in [0.717, 1.165) is 6.07 Å². The molecule has 1 unspecified atom stereocenters. The fourth-order valence-electron chi connectivity index (χ4n) is 2.46. The Morgan fingerprint density at radius 2 is 2.14 bits per heavy atom. The molecule has 1 aliphatic rings. The molecule has 1 aliphatic heterocycles. The lowest BCUT2D eigenvalue weighted by atomic mass is 10.1. The van der Waals surface area contributed by atoms with Crippen molar-refractivity contribution < 1.29 is 17.6 Å². The molecule has 3 nitrogen and oxygen atoms in total. The zero-order chi connectivity index (χ0) is 15.5. The van der Waals surface area contributed by atoms with Crippen molar-refractivity contribution in [1.82, 2.24) is 4.90 Å². The monoisotopic (exact) mass is 301 g/mol. The summed E-state index contributed by atoms with van der Waals surface area (Å²) in [5, 5.41) is 11.5. The molecule has 0 saturated carbocycles. The first-order chi connectivity index (χ1) is 9.87. The third-order valence-electron chi connectivity index (χ3n) is 3.45. The van der Waals surface area contributed by atoms with Gasteiger partial charge in [-0.25, -0.2) is 4.39 Å². The van der Waals surface area contributed by atoms with Crippen LogP contribution in [0.3, 0.4) is 0 Å². The molecule has 1 saturated heterocycles. The van der Waals surface area contributed by atoms with Gasteiger partial charge in [0.05, 0.1) is 23.9 Å². The molecule has 1 aromatic rings. The second kappa shape index (κ2) is 6.31. The Labute approximate surface area is 120 Å². The average molecular weight is 301 g/mol. The van der Waals surface area contributed by atoms with Gasteiger partial charge in [0.1, 0.15) is 5.82 Å². The SMILES string of the molecule is N#Cc1ccc(NCC2CCN(CC(F)(F)F)C2)c(F)c1.